The van der Waals surface area contributed by atoms with Crippen LogP contribution in [0.15, 0.2) is 42.5 Å². The summed E-state index contributed by atoms with van der Waals surface area (Å²) in [6.45, 7) is -2.88. The van der Waals surface area contributed by atoms with Crippen molar-refractivity contribution in [3.63, 3.8) is 0 Å². The van der Waals surface area contributed by atoms with E-state index in [-0.39, 0.29) is 30.2 Å². The van der Waals surface area contributed by atoms with Gasteiger partial charge in [0.1, 0.15) is 5.75 Å². The van der Waals surface area contributed by atoms with Gasteiger partial charge in [-0.05, 0) is 24.6 Å². The second kappa shape index (κ2) is 10.7. The summed E-state index contributed by atoms with van der Waals surface area (Å²) < 4.78 is 39.5. The third-order valence-corrected chi connectivity index (χ3v) is 4.02. The van der Waals surface area contributed by atoms with Crippen molar-refractivity contribution in [2.24, 2.45) is 0 Å². The first-order chi connectivity index (χ1) is 14.3. The van der Waals surface area contributed by atoms with Crippen LogP contribution in [0.2, 0.25) is 0 Å². The van der Waals surface area contributed by atoms with E-state index in [1.54, 1.807) is 6.07 Å². The van der Waals surface area contributed by atoms with Crippen molar-refractivity contribution < 1.29 is 32.7 Å². The molecule has 8 nitrogen and oxygen atoms in total. The fraction of sp³-hybridized carbons (Fsp3) is 0.250. The van der Waals surface area contributed by atoms with Crippen molar-refractivity contribution in [2.75, 3.05) is 20.8 Å². The highest BCUT2D eigenvalue weighted by atomic mass is 19.3. The molecule has 0 radical (unpaired) electrons. The van der Waals surface area contributed by atoms with Gasteiger partial charge in [-0.25, -0.2) is 0 Å². The standard InChI is InChI=1S/C20H20F2N2O6/c1-28-17-11-14(15(24(26)27)12-18(17)29-2)9-10-23-19(25)8-7-13-5-3-4-6-16(13)30-20(21)22/h3-8,11-12,20H,9-10H2,1-2H3,(H,23,25)/b8-7+. The number of nitro benzene ring substituents is 1. The first-order valence-electron chi connectivity index (χ1n) is 8.74. The number of alkyl halides is 2. The average molecular weight is 422 g/mol. The number of hydrogen-bond donors (Lipinski definition) is 1. The Balaban J connectivity index is 2.03. The SMILES string of the molecule is COc1cc(CCNC(=O)/C=C/c2ccccc2OC(F)F)c([N+](=O)[O-])cc1OC. The number of methoxy groups -OCH3 is 2. The fourth-order valence-electron chi connectivity index (χ4n) is 2.65. The largest absolute Gasteiger partial charge is 0.493 e. The molecule has 30 heavy (non-hydrogen) atoms. The molecule has 0 aliphatic rings. The van der Waals surface area contributed by atoms with Gasteiger partial charge in [0.15, 0.2) is 11.5 Å². The molecule has 0 heterocycles. The van der Waals surface area contributed by atoms with Crippen LogP contribution in [0.4, 0.5) is 14.5 Å². The smallest absolute Gasteiger partial charge is 0.387 e. The Hall–Kier alpha value is -3.69. The molecule has 0 bridgehead atoms. The van der Waals surface area contributed by atoms with Crippen molar-refractivity contribution >= 4 is 17.7 Å². The second-order valence-electron chi connectivity index (χ2n) is 5.88. The van der Waals surface area contributed by atoms with E-state index in [1.165, 1.54) is 50.6 Å². The van der Waals surface area contributed by atoms with E-state index >= 15 is 0 Å². The molecule has 160 valence electrons. The molecule has 2 rings (SSSR count). The van der Waals surface area contributed by atoms with E-state index in [1.807, 2.05) is 0 Å². The summed E-state index contributed by atoms with van der Waals surface area (Å²) >= 11 is 0. The van der Waals surface area contributed by atoms with Crippen LogP contribution in [-0.2, 0) is 11.2 Å². The minimum absolute atomic E-state index is 0.0579. The Kier molecular flexibility index (Phi) is 8.09. The summed E-state index contributed by atoms with van der Waals surface area (Å²) in [4.78, 5) is 22.8. The molecule has 1 amide bonds. The molecule has 0 saturated heterocycles. The minimum atomic E-state index is -2.98. The molecular formula is C20H20F2N2O6. The van der Waals surface area contributed by atoms with Crippen LogP contribution in [0.3, 0.4) is 0 Å². The summed E-state index contributed by atoms with van der Waals surface area (Å²) in [5, 5.41) is 13.9. The monoisotopic (exact) mass is 422 g/mol. The number of nitrogens with one attached hydrogen (secondary N) is 1. The van der Waals surface area contributed by atoms with Gasteiger partial charge in [0.25, 0.3) is 5.69 Å². The van der Waals surface area contributed by atoms with Gasteiger partial charge in [-0.15, -0.1) is 0 Å². The number of benzene rings is 2. The van der Waals surface area contributed by atoms with Gasteiger partial charge >= 0.3 is 6.61 Å². The molecule has 2 aromatic carbocycles. The molecule has 0 aliphatic heterocycles. The zero-order valence-electron chi connectivity index (χ0n) is 16.3. The van der Waals surface area contributed by atoms with Crippen LogP contribution in [0.25, 0.3) is 6.08 Å². The van der Waals surface area contributed by atoms with Gasteiger partial charge in [0, 0.05) is 23.7 Å². The highest BCUT2D eigenvalue weighted by molar-refractivity contribution is 5.92. The number of carbonyl (C=O) groups excluding carboxylic acids is 1. The van der Waals surface area contributed by atoms with E-state index in [2.05, 4.69) is 10.1 Å². The number of nitro groups is 1. The van der Waals surface area contributed by atoms with E-state index in [0.29, 0.717) is 16.9 Å². The minimum Gasteiger partial charge on any atom is -0.493 e. The van der Waals surface area contributed by atoms with Gasteiger partial charge in [0.2, 0.25) is 5.91 Å². The normalized spacial score (nSPS) is 10.8. The molecule has 0 aromatic heterocycles. The summed E-state index contributed by atoms with van der Waals surface area (Å²) in [5.41, 5.74) is 0.511. The van der Waals surface area contributed by atoms with E-state index in [4.69, 9.17) is 9.47 Å². The van der Waals surface area contributed by atoms with Gasteiger partial charge in [0.05, 0.1) is 25.2 Å². The predicted molar refractivity (Wildman–Crippen MR) is 105 cm³/mol. The number of nitrogens with zero attached hydrogens (tertiary/aromatic N) is 1. The lowest BCUT2D eigenvalue weighted by molar-refractivity contribution is -0.385. The van der Waals surface area contributed by atoms with Crippen molar-refractivity contribution in [3.05, 3.63) is 63.7 Å². The number of amides is 1. The topological polar surface area (TPSA) is 99.9 Å². The van der Waals surface area contributed by atoms with Crippen LogP contribution in [0.1, 0.15) is 11.1 Å². The summed E-state index contributed by atoms with van der Waals surface area (Å²) in [6.07, 6.45) is 2.67. The van der Waals surface area contributed by atoms with Crippen LogP contribution < -0.4 is 19.5 Å². The fourth-order valence-corrected chi connectivity index (χ4v) is 2.65. The zero-order chi connectivity index (χ0) is 22.1. The number of halogens is 2. The molecule has 0 saturated carbocycles. The first-order valence-corrected chi connectivity index (χ1v) is 8.74. The molecule has 1 N–H and O–H groups in total. The summed E-state index contributed by atoms with van der Waals surface area (Å²) in [5.74, 6) is 0.00652. The Morgan fingerprint density at radius 3 is 2.47 bits per heavy atom. The summed E-state index contributed by atoms with van der Waals surface area (Å²) in [7, 11) is 2.79. The molecular weight excluding hydrogens is 402 g/mol. The lowest BCUT2D eigenvalue weighted by atomic mass is 10.1. The molecule has 0 spiro atoms. The maximum Gasteiger partial charge on any atom is 0.387 e. The van der Waals surface area contributed by atoms with Crippen molar-refractivity contribution in [3.8, 4) is 17.2 Å². The molecule has 0 atom stereocenters. The lowest BCUT2D eigenvalue weighted by Crippen LogP contribution is -2.23. The van der Waals surface area contributed by atoms with E-state index in [9.17, 15) is 23.7 Å². The number of rotatable bonds is 10. The van der Waals surface area contributed by atoms with Gasteiger partial charge in [-0.2, -0.15) is 8.78 Å². The van der Waals surface area contributed by atoms with Gasteiger partial charge in [-0.1, -0.05) is 18.2 Å². The van der Waals surface area contributed by atoms with Crippen molar-refractivity contribution in [1.29, 1.82) is 0 Å². The average Bonchev–Trinajstić information content (AvgIpc) is 2.72. The van der Waals surface area contributed by atoms with Gasteiger partial charge < -0.3 is 19.5 Å². The molecule has 0 fully saturated rings. The molecule has 0 unspecified atom stereocenters. The zero-order valence-corrected chi connectivity index (χ0v) is 16.3. The predicted octanol–water partition coefficient (Wildman–Crippen LogP) is 3.59. The Bertz CT molecular complexity index is 934. The highest BCUT2D eigenvalue weighted by Crippen LogP contribution is 2.34. The lowest BCUT2D eigenvalue weighted by Gasteiger charge is -2.11. The van der Waals surface area contributed by atoms with E-state index < -0.39 is 17.4 Å². The number of carbonyl (C=O) groups is 1. The van der Waals surface area contributed by atoms with Crippen LogP contribution in [-0.4, -0.2) is 38.2 Å². The third kappa shape index (κ3) is 6.16. The van der Waals surface area contributed by atoms with Crippen LogP contribution in [0.5, 0.6) is 17.2 Å². The van der Waals surface area contributed by atoms with Crippen LogP contribution in [0, 0.1) is 10.1 Å². The van der Waals surface area contributed by atoms with Crippen LogP contribution >= 0.6 is 0 Å². The maximum absolute atomic E-state index is 12.4. The molecule has 2 aromatic rings. The second-order valence-corrected chi connectivity index (χ2v) is 5.88. The Labute approximate surface area is 171 Å². The molecule has 10 heteroatoms. The van der Waals surface area contributed by atoms with Gasteiger partial charge in [-0.3, -0.25) is 14.9 Å². The molecule has 0 aliphatic carbocycles. The Morgan fingerprint density at radius 2 is 1.83 bits per heavy atom. The Morgan fingerprint density at radius 1 is 1.17 bits per heavy atom. The number of ether oxygens (including phenoxy) is 3. The van der Waals surface area contributed by atoms with E-state index in [0.717, 1.165) is 6.08 Å². The van der Waals surface area contributed by atoms with Crippen molar-refractivity contribution in [2.45, 2.75) is 13.0 Å². The highest BCUT2D eigenvalue weighted by Gasteiger charge is 2.19. The quantitative estimate of drug-likeness (QED) is 0.357. The number of hydrogen-bond acceptors (Lipinski definition) is 6. The number of para-hydroxylation sites is 1. The third-order valence-electron chi connectivity index (χ3n) is 4.02. The summed E-state index contributed by atoms with van der Waals surface area (Å²) in [6, 6.07) is 8.78. The first kappa shape index (κ1) is 22.6. The maximum atomic E-state index is 12.4. The van der Waals surface area contributed by atoms with Crippen molar-refractivity contribution in [1.82, 2.24) is 5.32 Å².